The minimum Gasteiger partial charge on any atom is -0.352 e. The summed E-state index contributed by atoms with van der Waals surface area (Å²) in [6.07, 6.45) is 3.55. The Hall–Kier alpha value is -2.38. The Balaban J connectivity index is 1.56. The second kappa shape index (κ2) is 9.41. The zero-order chi connectivity index (χ0) is 20.9. The second-order valence-corrected chi connectivity index (χ2v) is 9.38. The molecule has 29 heavy (non-hydrogen) atoms. The lowest BCUT2D eigenvalue weighted by Crippen LogP contribution is -3.10. The molecule has 2 aromatic carbocycles. The number of anilines is 1. The van der Waals surface area contributed by atoms with E-state index in [9.17, 15) is 13.2 Å². The van der Waals surface area contributed by atoms with Gasteiger partial charge in [0.25, 0.3) is 15.9 Å². The molecule has 1 heterocycles. The smallest absolute Gasteiger partial charge is 0.261 e. The normalized spacial score (nSPS) is 14.7. The largest absolute Gasteiger partial charge is 0.352 e. The van der Waals surface area contributed by atoms with Crippen LogP contribution in [-0.2, 0) is 10.0 Å². The van der Waals surface area contributed by atoms with Crippen molar-refractivity contribution in [1.82, 2.24) is 5.32 Å². The first-order chi connectivity index (χ1) is 13.9. The number of rotatable bonds is 8. The van der Waals surface area contributed by atoms with Crippen LogP contribution in [0.25, 0.3) is 0 Å². The quantitative estimate of drug-likeness (QED) is 0.575. The van der Waals surface area contributed by atoms with Crippen molar-refractivity contribution in [2.75, 3.05) is 30.9 Å². The maximum atomic E-state index is 12.7. The lowest BCUT2D eigenvalue weighted by atomic mass is 10.1. The van der Waals surface area contributed by atoms with Gasteiger partial charge in [0.1, 0.15) is 0 Å². The van der Waals surface area contributed by atoms with Crippen LogP contribution in [0.5, 0.6) is 0 Å². The van der Waals surface area contributed by atoms with Gasteiger partial charge in [0, 0.05) is 31.4 Å². The Labute approximate surface area is 173 Å². The van der Waals surface area contributed by atoms with Crippen molar-refractivity contribution >= 4 is 21.6 Å². The minimum atomic E-state index is -3.71. The zero-order valence-electron chi connectivity index (χ0n) is 17.1. The van der Waals surface area contributed by atoms with E-state index < -0.39 is 10.0 Å². The molecule has 0 radical (unpaired) electrons. The van der Waals surface area contributed by atoms with Crippen molar-refractivity contribution < 1.29 is 18.1 Å². The van der Waals surface area contributed by atoms with E-state index in [0.29, 0.717) is 17.8 Å². The van der Waals surface area contributed by atoms with Gasteiger partial charge in [-0.25, -0.2) is 8.42 Å². The minimum absolute atomic E-state index is 0.132. The molecule has 3 N–H and O–H groups in total. The molecule has 0 bridgehead atoms. The van der Waals surface area contributed by atoms with E-state index in [-0.39, 0.29) is 10.8 Å². The first-order valence-electron chi connectivity index (χ1n) is 10.2. The SMILES string of the molecule is Cc1cccc(NS(=O)(=O)c2ccc(C(=O)NCCC[NH+]3CCCC3)cc2)c1C. The van der Waals surface area contributed by atoms with Crippen molar-refractivity contribution in [2.45, 2.75) is 38.0 Å². The number of nitrogens with one attached hydrogen (secondary N) is 3. The summed E-state index contributed by atoms with van der Waals surface area (Å²) < 4.78 is 28.0. The third-order valence-electron chi connectivity index (χ3n) is 5.58. The van der Waals surface area contributed by atoms with Crippen LogP contribution in [0.2, 0.25) is 0 Å². The van der Waals surface area contributed by atoms with Crippen molar-refractivity contribution in [2.24, 2.45) is 0 Å². The van der Waals surface area contributed by atoms with Crippen LogP contribution in [0.15, 0.2) is 47.4 Å². The highest BCUT2D eigenvalue weighted by molar-refractivity contribution is 7.92. The molecule has 156 valence electrons. The average molecular weight is 417 g/mol. The van der Waals surface area contributed by atoms with Gasteiger partial charge in [-0.2, -0.15) is 0 Å². The van der Waals surface area contributed by atoms with Crippen LogP contribution in [-0.4, -0.2) is 40.5 Å². The fourth-order valence-corrected chi connectivity index (χ4v) is 4.74. The summed E-state index contributed by atoms with van der Waals surface area (Å²) in [6.45, 7) is 8.01. The maximum Gasteiger partial charge on any atom is 0.261 e. The number of benzene rings is 2. The van der Waals surface area contributed by atoms with Crippen LogP contribution in [0.3, 0.4) is 0 Å². The van der Waals surface area contributed by atoms with E-state index in [1.165, 1.54) is 38.1 Å². The number of likely N-dealkylation sites (tertiary alicyclic amines) is 1. The standard InChI is InChI=1S/C22H29N3O3S/c1-17-7-5-8-21(18(17)2)24-29(27,28)20-11-9-19(10-12-20)22(26)23-13-6-16-25-14-3-4-15-25/h5,7-12,24H,3-4,6,13-16H2,1-2H3,(H,23,26)/p+1. The molecule has 0 aliphatic carbocycles. The summed E-state index contributed by atoms with van der Waals surface area (Å²) >= 11 is 0. The van der Waals surface area contributed by atoms with Gasteiger partial charge in [-0.15, -0.1) is 0 Å². The molecule has 1 amide bonds. The van der Waals surface area contributed by atoms with Crippen LogP contribution >= 0.6 is 0 Å². The monoisotopic (exact) mass is 416 g/mol. The van der Waals surface area contributed by atoms with Crippen LogP contribution in [0.4, 0.5) is 5.69 Å². The van der Waals surface area contributed by atoms with Gasteiger partial charge in [-0.05, 0) is 55.3 Å². The number of amides is 1. The second-order valence-electron chi connectivity index (χ2n) is 7.69. The lowest BCUT2D eigenvalue weighted by molar-refractivity contribution is -0.887. The molecule has 0 unspecified atom stereocenters. The van der Waals surface area contributed by atoms with Crippen molar-refractivity contribution in [3.8, 4) is 0 Å². The van der Waals surface area contributed by atoms with Gasteiger partial charge in [-0.1, -0.05) is 12.1 Å². The summed E-state index contributed by atoms with van der Waals surface area (Å²) in [5, 5.41) is 2.92. The molecule has 6 nitrogen and oxygen atoms in total. The first-order valence-corrected chi connectivity index (χ1v) is 11.7. The van der Waals surface area contributed by atoms with E-state index in [4.69, 9.17) is 0 Å². The molecule has 1 aliphatic rings. The third-order valence-corrected chi connectivity index (χ3v) is 6.96. The topological polar surface area (TPSA) is 79.7 Å². The van der Waals surface area contributed by atoms with Gasteiger partial charge >= 0.3 is 0 Å². The summed E-state index contributed by atoms with van der Waals surface area (Å²) in [6, 6.07) is 11.5. The van der Waals surface area contributed by atoms with Crippen LogP contribution < -0.4 is 14.9 Å². The third kappa shape index (κ3) is 5.58. The van der Waals surface area contributed by atoms with Crippen molar-refractivity contribution in [3.63, 3.8) is 0 Å². The maximum absolute atomic E-state index is 12.7. The molecule has 1 fully saturated rings. The Morgan fingerprint density at radius 1 is 1.03 bits per heavy atom. The Morgan fingerprint density at radius 3 is 2.41 bits per heavy atom. The average Bonchev–Trinajstić information content (AvgIpc) is 3.22. The van der Waals surface area contributed by atoms with Gasteiger partial charge in [0.15, 0.2) is 0 Å². The fraction of sp³-hybridized carbons (Fsp3) is 0.409. The van der Waals surface area contributed by atoms with Gasteiger partial charge in [0.05, 0.1) is 30.2 Å². The van der Waals surface area contributed by atoms with Crippen LogP contribution in [0, 0.1) is 13.8 Å². The molecule has 7 heteroatoms. The number of carbonyl (C=O) groups is 1. The number of hydrogen-bond acceptors (Lipinski definition) is 3. The lowest BCUT2D eigenvalue weighted by Gasteiger charge is -2.13. The zero-order valence-corrected chi connectivity index (χ0v) is 17.9. The van der Waals surface area contributed by atoms with Crippen LogP contribution in [0.1, 0.15) is 40.7 Å². The fourth-order valence-electron chi connectivity index (χ4n) is 3.62. The van der Waals surface area contributed by atoms with E-state index in [0.717, 1.165) is 24.1 Å². The van der Waals surface area contributed by atoms with Crippen molar-refractivity contribution in [3.05, 3.63) is 59.2 Å². The molecular formula is C22H30N3O3S+. The number of hydrogen-bond donors (Lipinski definition) is 3. The Bertz CT molecular complexity index is 950. The summed E-state index contributed by atoms with van der Waals surface area (Å²) in [5.41, 5.74) is 2.93. The first kappa shape index (κ1) is 21.3. The predicted octanol–water partition coefficient (Wildman–Crippen LogP) is 1.90. The molecular weight excluding hydrogens is 386 g/mol. The van der Waals surface area contributed by atoms with E-state index in [1.54, 1.807) is 23.1 Å². The van der Waals surface area contributed by atoms with E-state index in [1.807, 2.05) is 26.0 Å². The molecule has 3 rings (SSSR count). The molecule has 0 atom stereocenters. The number of carbonyl (C=O) groups excluding carboxylic acids is 1. The highest BCUT2D eigenvalue weighted by Crippen LogP contribution is 2.22. The molecule has 2 aromatic rings. The molecule has 1 aliphatic heterocycles. The highest BCUT2D eigenvalue weighted by atomic mass is 32.2. The van der Waals surface area contributed by atoms with Gasteiger partial charge in [0.2, 0.25) is 0 Å². The highest BCUT2D eigenvalue weighted by Gasteiger charge is 2.17. The predicted molar refractivity (Wildman–Crippen MR) is 115 cm³/mol. The summed E-state index contributed by atoms with van der Waals surface area (Å²) in [5.74, 6) is -0.173. The Morgan fingerprint density at radius 2 is 1.72 bits per heavy atom. The van der Waals surface area contributed by atoms with Crippen molar-refractivity contribution in [1.29, 1.82) is 0 Å². The molecule has 1 saturated heterocycles. The number of sulfonamides is 1. The van der Waals surface area contributed by atoms with Gasteiger partial charge in [-0.3, -0.25) is 9.52 Å². The summed E-state index contributed by atoms with van der Waals surface area (Å²) in [7, 11) is -3.71. The molecule has 0 saturated carbocycles. The molecule has 0 aromatic heterocycles. The van der Waals surface area contributed by atoms with E-state index >= 15 is 0 Å². The Kier molecular flexibility index (Phi) is 6.92. The number of quaternary nitrogens is 1. The molecule has 0 spiro atoms. The van der Waals surface area contributed by atoms with E-state index in [2.05, 4.69) is 10.0 Å². The van der Waals surface area contributed by atoms with Gasteiger partial charge < -0.3 is 10.2 Å². The summed E-state index contributed by atoms with van der Waals surface area (Å²) in [4.78, 5) is 14.0. The number of aryl methyl sites for hydroxylation is 1.